The van der Waals surface area contributed by atoms with Crippen LogP contribution in [0.5, 0.6) is 11.5 Å². The highest BCUT2D eigenvalue weighted by atomic mass is 35.5. The number of hydrogen-bond acceptors (Lipinski definition) is 7. The summed E-state index contributed by atoms with van der Waals surface area (Å²) in [6.07, 6.45) is 1.47. The molecule has 0 saturated heterocycles. The third kappa shape index (κ3) is 5.42. The fraction of sp³-hybridized carbons (Fsp3) is 0.192. The quantitative estimate of drug-likeness (QED) is 0.197. The van der Waals surface area contributed by atoms with Crippen molar-refractivity contribution < 1.29 is 23.8 Å². The average molecular weight is 526 g/mol. The van der Waals surface area contributed by atoms with Crippen molar-refractivity contribution in [3.8, 4) is 34.2 Å². The second kappa shape index (κ2) is 10.9. The zero-order valence-electron chi connectivity index (χ0n) is 20.1. The summed E-state index contributed by atoms with van der Waals surface area (Å²) in [4.78, 5) is 12.1. The molecular formula is C26H24ClN3O5S. The van der Waals surface area contributed by atoms with Gasteiger partial charge in [-0.25, -0.2) is 4.79 Å². The van der Waals surface area contributed by atoms with Gasteiger partial charge in [-0.2, -0.15) is 0 Å². The number of benzene rings is 2. The van der Waals surface area contributed by atoms with Gasteiger partial charge >= 0.3 is 5.97 Å². The van der Waals surface area contributed by atoms with Crippen molar-refractivity contribution in [1.82, 2.24) is 14.8 Å². The molecule has 0 bridgehead atoms. The Labute approximate surface area is 217 Å². The second-order valence-corrected chi connectivity index (χ2v) is 9.17. The lowest BCUT2D eigenvalue weighted by Gasteiger charge is -2.10. The summed E-state index contributed by atoms with van der Waals surface area (Å²) in [5.74, 6) is 1.68. The molecule has 1 N–H and O–H groups in total. The Bertz CT molecular complexity index is 1420. The Hall–Kier alpha value is -3.69. The van der Waals surface area contributed by atoms with Crippen molar-refractivity contribution in [3.63, 3.8) is 0 Å². The first-order valence-corrected chi connectivity index (χ1v) is 12.2. The molecule has 0 radical (unpaired) electrons. The number of furan rings is 1. The number of aliphatic carboxylic acids is 1. The van der Waals surface area contributed by atoms with Crippen LogP contribution in [0.3, 0.4) is 0 Å². The first-order valence-electron chi connectivity index (χ1n) is 11.0. The molecule has 36 heavy (non-hydrogen) atoms. The number of carbonyl (C=O) groups is 1. The predicted molar refractivity (Wildman–Crippen MR) is 140 cm³/mol. The maximum absolute atomic E-state index is 12.1. The fourth-order valence-electron chi connectivity index (χ4n) is 3.60. The number of thioether (sulfide) groups is 1. The third-order valence-electron chi connectivity index (χ3n) is 5.42. The van der Waals surface area contributed by atoms with Crippen LogP contribution in [-0.2, 0) is 11.3 Å². The molecule has 10 heteroatoms. The Balaban J connectivity index is 1.66. The van der Waals surface area contributed by atoms with Crippen LogP contribution in [0.2, 0.25) is 5.02 Å². The molecule has 0 saturated carbocycles. The summed E-state index contributed by atoms with van der Waals surface area (Å²) in [5.41, 5.74) is 2.58. The number of rotatable bonds is 9. The molecule has 0 atom stereocenters. The van der Waals surface area contributed by atoms with Gasteiger partial charge in [-0.1, -0.05) is 17.7 Å². The monoisotopic (exact) mass is 525 g/mol. The van der Waals surface area contributed by atoms with E-state index in [1.807, 2.05) is 48.7 Å². The lowest BCUT2D eigenvalue weighted by molar-refractivity contribution is -0.131. The van der Waals surface area contributed by atoms with Crippen molar-refractivity contribution in [2.75, 3.05) is 14.2 Å². The lowest BCUT2D eigenvalue weighted by atomic mass is 10.1. The van der Waals surface area contributed by atoms with Crippen LogP contribution in [0.4, 0.5) is 0 Å². The minimum atomic E-state index is -1.10. The molecule has 0 aliphatic heterocycles. The van der Waals surface area contributed by atoms with Crippen LogP contribution < -0.4 is 9.47 Å². The van der Waals surface area contributed by atoms with Crippen LogP contribution in [0.15, 0.2) is 63.0 Å². The topological polar surface area (TPSA) is 99.6 Å². The molecule has 2 heterocycles. The first kappa shape index (κ1) is 25.4. The summed E-state index contributed by atoms with van der Waals surface area (Å²) in [5, 5.41) is 19.5. The maximum atomic E-state index is 12.1. The van der Waals surface area contributed by atoms with Gasteiger partial charge in [0.1, 0.15) is 27.9 Å². The molecule has 4 aromatic rings. The molecule has 2 aromatic heterocycles. The van der Waals surface area contributed by atoms with Gasteiger partial charge in [0.15, 0.2) is 11.0 Å². The van der Waals surface area contributed by atoms with Crippen LogP contribution in [0.1, 0.15) is 18.2 Å². The molecule has 0 spiro atoms. The highest BCUT2D eigenvalue weighted by Crippen LogP contribution is 2.34. The second-order valence-electron chi connectivity index (χ2n) is 7.73. The van der Waals surface area contributed by atoms with Crippen LogP contribution in [0.25, 0.3) is 28.8 Å². The normalized spacial score (nSPS) is 11.5. The minimum absolute atomic E-state index is 0.0376. The van der Waals surface area contributed by atoms with E-state index in [0.717, 1.165) is 28.5 Å². The van der Waals surface area contributed by atoms with Crippen LogP contribution in [0, 0.1) is 6.92 Å². The van der Waals surface area contributed by atoms with Gasteiger partial charge in [-0.3, -0.25) is 0 Å². The lowest BCUT2D eigenvalue weighted by Crippen LogP contribution is -2.03. The maximum Gasteiger partial charge on any atom is 0.342 e. The SMILES string of the molecule is CCn1c(S/C(=C\c2ccc(-c3cc(Cl)ccc3C)o2)C(=O)O)nnc1-c1cc(OC)cc(OC)c1. The van der Waals surface area contributed by atoms with E-state index in [2.05, 4.69) is 10.2 Å². The number of nitrogens with zero attached hydrogens (tertiary/aromatic N) is 3. The van der Waals surface area contributed by atoms with Gasteiger partial charge in [0.05, 0.1) is 14.2 Å². The van der Waals surface area contributed by atoms with E-state index in [0.29, 0.717) is 45.6 Å². The molecule has 0 aliphatic carbocycles. The highest BCUT2D eigenvalue weighted by molar-refractivity contribution is 8.04. The molecule has 186 valence electrons. The van der Waals surface area contributed by atoms with Crippen molar-refractivity contribution in [1.29, 1.82) is 0 Å². The van der Waals surface area contributed by atoms with Crippen molar-refractivity contribution in [2.45, 2.75) is 25.5 Å². The van der Waals surface area contributed by atoms with E-state index < -0.39 is 5.97 Å². The zero-order chi connectivity index (χ0) is 25.8. The predicted octanol–water partition coefficient (Wildman–Crippen LogP) is 6.42. The van der Waals surface area contributed by atoms with E-state index in [4.69, 9.17) is 25.5 Å². The standard InChI is InChI=1S/C26H24ClN3O5S/c1-5-30-24(16-10-19(33-3)13-20(11-16)34-4)28-29-26(30)36-23(25(31)32)14-18-8-9-22(35-18)21-12-17(27)7-6-15(21)2/h6-14H,5H2,1-4H3,(H,31,32)/b23-14-. The van der Waals surface area contributed by atoms with Gasteiger partial charge in [0, 0.05) is 34.8 Å². The molecule has 2 aromatic carbocycles. The largest absolute Gasteiger partial charge is 0.497 e. The van der Waals surface area contributed by atoms with E-state index in [9.17, 15) is 9.90 Å². The van der Waals surface area contributed by atoms with Crippen molar-refractivity contribution in [2.24, 2.45) is 0 Å². The van der Waals surface area contributed by atoms with Gasteiger partial charge < -0.3 is 23.6 Å². The molecule has 8 nitrogen and oxygen atoms in total. The Kier molecular flexibility index (Phi) is 7.71. The molecule has 0 fully saturated rings. The molecule has 0 amide bonds. The molecular weight excluding hydrogens is 502 g/mol. The van der Waals surface area contributed by atoms with E-state index >= 15 is 0 Å². The summed E-state index contributed by atoms with van der Waals surface area (Å²) < 4.78 is 18.5. The Morgan fingerprint density at radius 3 is 2.47 bits per heavy atom. The van der Waals surface area contributed by atoms with E-state index in [1.165, 1.54) is 6.08 Å². The smallest absolute Gasteiger partial charge is 0.342 e. The summed E-state index contributed by atoms with van der Waals surface area (Å²) in [6, 6.07) is 14.4. The van der Waals surface area contributed by atoms with Crippen LogP contribution in [-0.4, -0.2) is 40.1 Å². The van der Waals surface area contributed by atoms with Gasteiger partial charge in [0.2, 0.25) is 0 Å². The molecule has 0 unspecified atom stereocenters. The number of aromatic nitrogens is 3. The van der Waals surface area contributed by atoms with Crippen LogP contribution >= 0.6 is 23.4 Å². The molecule has 4 rings (SSSR count). The van der Waals surface area contributed by atoms with E-state index in [1.54, 1.807) is 32.4 Å². The Morgan fingerprint density at radius 1 is 1.11 bits per heavy atom. The number of carboxylic acids is 1. The van der Waals surface area contributed by atoms with E-state index in [-0.39, 0.29) is 4.91 Å². The van der Waals surface area contributed by atoms with Gasteiger partial charge in [0.25, 0.3) is 0 Å². The number of hydrogen-bond donors (Lipinski definition) is 1. The highest BCUT2D eigenvalue weighted by Gasteiger charge is 2.20. The summed E-state index contributed by atoms with van der Waals surface area (Å²) in [6.45, 7) is 4.41. The average Bonchev–Trinajstić information content (AvgIpc) is 3.51. The van der Waals surface area contributed by atoms with Crippen molar-refractivity contribution >= 4 is 35.4 Å². The first-order chi connectivity index (χ1) is 17.3. The number of methoxy groups -OCH3 is 2. The summed E-state index contributed by atoms with van der Waals surface area (Å²) >= 11 is 7.13. The zero-order valence-corrected chi connectivity index (χ0v) is 21.7. The van der Waals surface area contributed by atoms with Gasteiger partial charge in [-0.05, 0) is 67.6 Å². The number of carboxylic acid groups (broad SMARTS) is 1. The number of aryl methyl sites for hydroxylation is 1. The van der Waals surface area contributed by atoms with Crippen molar-refractivity contribution in [3.05, 3.63) is 69.8 Å². The number of ether oxygens (including phenoxy) is 2. The summed E-state index contributed by atoms with van der Waals surface area (Å²) in [7, 11) is 3.14. The minimum Gasteiger partial charge on any atom is -0.497 e. The van der Waals surface area contributed by atoms with Gasteiger partial charge in [-0.15, -0.1) is 10.2 Å². The third-order valence-corrected chi connectivity index (χ3v) is 6.65. The fourth-order valence-corrected chi connectivity index (χ4v) is 4.64. The number of halogens is 1. The molecule has 0 aliphatic rings. The Morgan fingerprint density at radius 2 is 1.83 bits per heavy atom.